The lowest BCUT2D eigenvalue weighted by atomic mass is 10.0. The number of nitrogens with zero attached hydrogens (tertiary/aromatic N) is 1. The Morgan fingerprint density at radius 1 is 1.43 bits per heavy atom. The predicted octanol–water partition coefficient (Wildman–Crippen LogP) is 2.75. The zero-order valence-corrected chi connectivity index (χ0v) is 13.5. The van der Waals surface area contributed by atoms with E-state index in [1.165, 1.54) is 11.1 Å². The van der Waals surface area contributed by atoms with Gasteiger partial charge in [-0.1, -0.05) is 29.8 Å². The third-order valence-corrected chi connectivity index (χ3v) is 3.47. The Labute approximate surface area is 127 Å². The van der Waals surface area contributed by atoms with E-state index in [-0.39, 0.29) is 12.1 Å². The Kier molecular flexibility index (Phi) is 4.88. The van der Waals surface area contributed by atoms with Crippen LogP contribution in [0.25, 0.3) is 0 Å². The summed E-state index contributed by atoms with van der Waals surface area (Å²) in [4.78, 5) is 13.9. The predicted molar refractivity (Wildman–Crippen MR) is 84.5 cm³/mol. The molecular formula is C17H26N2O2. The minimum atomic E-state index is -0.437. The Hall–Kier alpha value is -1.55. The Bertz CT molecular complexity index is 494. The largest absolute Gasteiger partial charge is 0.444 e. The number of rotatable bonds is 2. The number of hydrogen-bond acceptors (Lipinski definition) is 3. The maximum absolute atomic E-state index is 12.1. The van der Waals surface area contributed by atoms with Crippen LogP contribution in [0.5, 0.6) is 0 Å². The average Bonchev–Trinajstić information content (AvgIpc) is 2.37. The number of carbonyl (C=O) groups excluding carboxylic acids is 1. The summed E-state index contributed by atoms with van der Waals surface area (Å²) in [6, 6.07) is 8.81. The zero-order chi connectivity index (χ0) is 15.5. The highest BCUT2D eigenvalue weighted by Gasteiger charge is 2.27. The van der Waals surface area contributed by atoms with Crippen molar-refractivity contribution in [3.63, 3.8) is 0 Å². The fourth-order valence-corrected chi connectivity index (χ4v) is 2.58. The molecule has 1 aliphatic rings. The molecule has 1 fully saturated rings. The topological polar surface area (TPSA) is 41.6 Å². The molecule has 1 amide bonds. The van der Waals surface area contributed by atoms with Gasteiger partial charge in [-0.3, -0.25) is 0 Å². The molecule has 0 unspecified atom stereocenters. The van der Waals surface area contributed by atoms with Gasteiger partial charge in [0, 0.05) is 25.7 Å². The third kappa shape index (κ3) is 5.05. The molecular weight excluding hydrogens is 264 g/mol. The SMILES string of the molecule is Cc1cccc(C[C@H]2CN(C(=O)OC(C)(C)C)CCN2)c1. The molecule has 116 valence electrons. The normalized spacial score (nSPS) is 19.4. The summed E-state index contributed by atoms with van der Waals surface area (Å²) in [7, 11) is 0. The highest BCUT2D eigenvalue weighted by Crippen LogP contribution is 2.13. The minimum Gasteiger partial charge on any atom is -0.444 e. The summed E-state index contributed by atoms with van der Waals surface area (Å²) in [6.07, 6.45) is 0.722. The Morgan fingerprint density at radius 3 is 2.86 bits per heavy atom. The highest BCUT2D eigenvalue weighted by molar-refractivity contribution is 5.68. The summed E-state index contributed by atoms with van der Waals surface area (Å²) in [6.45, 7) is 10.0. The molecule has 0 spiro atoms. The lowest BCUT2D eigenvalue weighted by molar-refractivity contribution is 0.0195. The van der Waals surface area contributed by atoms with E-state index in [1.807, 2.05) is 25.7 Å². The van der Waals surface area contributed by atoms with E-state index in [9.17, 15) is 4.79 Å². The molecule has 1 atom stereocenters. The zero-order valence-electron chi connectivity index (χ0n) is 13.5. The monoisotopic (exact) mass is 290 g/mol. The molecule has 4 heteroatoms. The van der Waals surface area contributed by atoms with Crippen LogP contribution in [0.3, 0.4) is 0 Å². The molecule has 1 aromatic rings. The number of amides is 1. The first-order valence-corrected chi connectivity index (χ1v) is 7.60. The van der Waals surface area contributed by atoms with Crippen LogP contribution >= 0.6 is 0 Å². The molecule has 0 bridgehead atoms. The minimum absolute atomic E-state index is 0.210. The van der Waals surface area contributed by atoms with E-state index < -0.39 is 5.60 Å². The molecule has 0 radical (unpaired) electrons. The van der Waals surface area contributed by atoms with Crippen molar-refractivity contribution in [2.75, 3.05) is 19.6 Å². The van der Waals surface area contributed by atoms with Gasteiger partial charge in [0.15, 0.2) is 0 Å². The standard InChI is InChI=1S/C17H26N2O2/c1-13-6-5-7-14(10-13)11-15-12-19(9-8-18-15)16(20)21-17(2,3)4/h5-7,10,15,18H,8-9,11-12H2,1-4H3/t15-/m0/s1. The van der Waals surface area contributed by atoms with Crippen LogP contribution < -0.4 is 5.32 Å². The number of aryl methyl sites for hydroxylation is 1. The molecule has 1 aromatic carbocycles. The summed E-state index contributed by atoms with van der Waals surface area (Å²) < 4.78 is 5.45. The maximum Gasteiger partial charge on any atom is 0.410 e. The molecule has 21 heavy (non-hydrogen) atoms. The first kappa shape index (κ1) is 15.8. The van der Waals surface area contributed by atoms with Crippen LogP contribution in [0.2, 0.25) is 0 Å². The van der Waals surface area contributed by atoms with Gasteiger partial charge in [-0.25, -0.2) is 4.79 Å². The molecule has 1 N–H and O–H groups in total. The van der Waals surface area contributed by atoms with Crippen molar-refractivity contribution in [1.29, 1.82) is 0 Å². The second-order valence-electron chi connectivity index (χ2n) is 6.77. The van der Waals surface area contributed by atoms with E-state index in [4.69, 9.17) is 4.74 Å². The van der Waals surface area contributed by atoms with Gasteiger partial charge in [0.2, 0.25) is 0 Å². The molecule has 1 heterocycles. The summed E-state index contributed by atoms with van der Waals surface area (Å²) >= 11 is 0. The van der Waals surface area contributed by atoms with Crippen molar-refractivity contribution in [3.8, 4) is 0 Å². The van der Waals surface area contributed by atoms with Crippen molar-refractivity contribution < 1.29 is 9.53 Å². The van der Waals surface area contributed by atoms with E-state index in [2.05, 4.69) is 36.5 Å². The molecule has 1 aliphatic heterocycles. The fraction of sp³-hybridized carbons (Fsp3) is 0.588. The number of carbonyl (C=O) groups is 1. The number of ether oxygens (including phenoxy) is 1. The molecule has 0 saturated carbocycles. The second-order valence-corrected chi connectivity index (χ2v) is 6.77. The van der Waals surface area contributed by atoms with Crippen LogP contribution in [0.4, 0.5) is 4.79 Å². The Balaban J connectivity index is 1.93. The van der Waals surface area contributed by atoms with E-state index in [0.717, 1.165) is 13.0 Å². The van der Waals surface area contributed by atoms with Crippen molar-refractivity contribution >= 4 is 6.09 Å². The first-order valence-electron chi connectivity index (χ1n) is 7.60. The number of piperazine rings is 1. The van der Waals surface area contributed by atoms with Crippen molar-refractivity contribution in [1.82, 2.24) is 10.2 Å². The summed E-state index contributed by atoms with van der Waals surface area (Å²) in [5, 5.41) is 3.49. The van der Waals surface area contributed by atoms with Crippen LogP contribution in [0.15, 0.2) is 24.3 Å². The molecule has 2 rings (SSSR count). The van der Waals surface area contributed by atoms with Crippen molar-refractivity contribution in [3.05, 3.63) is 35.4 Å². The summed E-state index contributed by atoms with van der Waals surface area (Å²) in [5.74, 6) is 0. The maximum atomic E-state index is 12.1. The van der Waals surface area contributed by atoms with Gasteiger partial charge in [-0.2, -0.15) is 0 Å². The average molecular weight is 290 g/mol. The Morgan fingerprint density at radius 2 is 2.19 bits per heavy atom. The van der Waals surface area contributed by atoms with Crippen LogP contribution in [0, 0.1) is 6.92 Å². The van der Waals surface area contributed by atoms with Crippen LogP contribution in [-0.4, -0.2) is 42.3 Å². The van der Waals surface area contributed by atoms with E-state index >= 15 is 0 Å². The lowest BCUT2D eigenvalue weighted by Gasteiger charge is -2.35. The van der Waals surface area contributed by atoms with Gasteiger partial charge in [0.25, 0.3) is 0 Å². The number of nitrogens with one attached hydrogen (secondary N) is 1. The first-order chi connectivity index (χ1) is 9.83. The van der Waals surface area contributed by atoms with Gasteiger partial charge in [0.05, 0.1) is 0 Å². The highest BCUT2D eigenvalue weighted by atomic mass is 16.6. The van der Waals surface area contributed by atoms with Crippen LogP contribution in [0.1, 0.15) is 31.9 Å². The van der Waals surface area contributed by atoms with Gasteiger partial charge in [-0.05, 0) is 39.7 Å². The second kappa shape index (κ2) is 6.48. The van der Waals surface area contributed by atoms with Gasteiger partial charge in [-0.15, -0.1) is 0 Å². The molecule has 0 aliphatic carbocycles. The van der Waals surface area contributed by atoms with E-state index in [0.29, 0.717) is 13.1 Å². The molecule has 0 aromatic heterocycles. The van der Waals surface area contributed by atoms with Gasteiger partial charge < -0.3 is 15.0 Å². The van der Waals surface area contributed by atoms with Gasteiger partial charge in [0.1, 0.15) is 5.60 Å². The molecule has 4 nitrogen and oxygen atoms in total. The van der Waals surface area contributed by atoms with Gasteiger partial charge >= 0.3 is 6.09 Å². The third-order valence-electron chi connectivity index (χ3n) is 3.47. The smallest absolute Gasteiger partial charge is 0.410 e. The fourth-order valence-electron chi connectivity index (χ4n) is 2.58. The summed E-state index contributed by atoms with van der Waals surface area (Å²) in [5.41, 5.74) is 2.14. The van der Waals surface area contributed by atoms with Crippen molar-refractivity contribution in [2.24, 2.45) is 0 Å². The lowest BCUT2D eigenvalue weighted by Crippen LogP contribution is -2.54. The number of hydrogen-bond donors (Lipinski definition) is 1. The number of benzene rings is 1. The molecule has 1 saturated heterocycles. The van der Waals surface area contributed by atoms with Crippen LogP contribution in [-0.2, 0) is 11.2 Å². The van der Waals surface area contributed by atoms with E-state index in [1.54, 1.807) is 0 Å². The van der Waals surface area contributed by atoms with Crippen molar-refractivity contribution in [2.45, 2.75) is 45.8 Å². The quantitative estimate of drug-likeness (QED) is 0.910.